The molecule has 7 heteroatoms. The zero-order valence-electron chi connectivity index (χ0n) is 17.4. The largest absolute Gasteiger partial charge is 0.507 e. The lowest BCUT2D eigenvalue weighted by Gasteiger charge is -2.26. The monoisotopic (exact) mass is 463 g/mol. The Morgan fingerprint density at radius 1 is 1.06 bits per heavy atom. The van der Waals surface area contributed by atoms with Gasteiger partial charge in [-0.2, -0.15) is 0 Å². The van der Waals surface area contributed by atoms with E-state index in [1.165, 1.54) is 23.1 Å². The molecule has 5 rings (SSSR count). The van der Waals surface area contributed by atoms with Crippen LogP contribution in [0.5, 0.6) is 5.75 Å². The van der Waals surface area contributed by atoms with Crippen molar-refractivity contribution < 1.29 is 23.8 Å². The molecule has 1 saturated heterocycles. The van der Waals surface area contributed by atoms with Crippen LogP contribution in [-0.4, -0.2) is 23.4 Å². The molecule has 0 aromatic heterocycles. The Morgan fingerprint density at radius 3 is 2.58 bits per heavy atom. The fourth-order valence-corrected chi connectivity index (χ4v) is 4.48. The van der Waals surface area contributed by atoms with Gasteiger partial charge in [-0.1, -0.05) is 29.8 Å². The van der Waals surface area contributed by atoms with Gasteiger partial charge in [0.1, 0.15) is 17.3 Å². The zero-order chi connectivity index (χ0) is 23.1. The highest BCUT2D eigenvalue weighted by Crippen LogP contribution is 2.43. The number of hydrogen-bond donors (Lipinski definition) is 1. The number of anilines is 1. The van der Waals surface area contributed by atoms with Crippen molar-refractivity contribution in [3.63, 3.8) is 0 Å². The number of ether oxygens (including phenoxy) is 1. The number of halogens is 2. The van der Waals surface area contributed by atoms with E-state index >= 15 is 0 Å². The number of fused-ring (bicyclic) bond motifs is 1. The molecule has 0 radical (unpaired) electrons. The van der Waals surface area contributed by atoms with E-state index in [2.05, 4.69) is 0 Å². The molecule has 0 saturated carbocycles. The second-order valence-electron chi connectivity index (χ2n) is 7.94. The first-order valence-corrected chi connectivity index (χ1v) is 10.9. The van der Waals surface area contributed by atoms with E-state index in [0.717, 1.165) is 24.2 Å². The summed E-state index contributed by atoms with van der Waals surface area (Å²) in [5.74, 6) is -1.96. The van der Waals surface area contributed by atoms with Crippen LogP contribution in [-0.2, 0) is 16.0 Å². The maximum atomic E-state index is 14.9. The van der Waals surface area contributed by atoms with Gasteiger partial charge in [0.15, 0.2) is 0 Å². The summed E-state index contributed by atoms with van der Waals surface area (Å²) in [6, 6.07) is 16.2. The third-order valence-corrected chi connectivity index (χ3v) is 6.18. The van der Waals surface area contributed by atoms with Gasteiger partial charge in [-0.3, -0.25) is 14.5 Å². The number of carbonyl (C=O) groups is 2. The molecule has 3 aromatic rings. The molecule has 33 heavy (non-hydrogen) atoms. The number of ketones is 1. The first kappa shape index (κ1) is 21.2. The standard InChI is InChI=1S/C26H19ClFNO4/c27-17-8-10-18(11-9-17)29-23(19-5-1-2-6-20(19)28)22(25(31)26(29)32)24(30)16-7-12-21-15(14-16)4-3-13-33-21/h1-2,5-12,14,23,30H,3-4,13H2/b24-22+. The number of aliphatic hydroxyl groups excluding tert-OH is 1. The van der Waals surface area contributed by atoms with E-state index in [4.69, 9.17) is 16.3 Å². The highest BCUT2D eigenvalue weighted by Gasteiger charge is 2.47. The number of rotatable bonds is 3. The van der Waals surface area contributed by atoms with Crippen molar-refractivity contribution in [2.75, 3.05) is 11.5 Å². The molecule has 0 spiro atoms. The second-order valence-corrected chi connectivity index (χ2v) is 8.38. The van der Waals surface area contributed by atoms with E-state index in [-0.39, 0.29) is 16.9 Å². The molecule has 1 atom stereocenters. The van der Waals surface area contributed by atoms with Crippen molar-refractivity contribution in [3.05, 3.63) is 99.8 Å². The summed E-state index contributed by atoms with van der Waals surface area (Å²) in [5.41, 5.74) is 1.58. The summed E-state index contributed by atoms with van der Waals surface area (Å²) in [6.45, 7) is 0.623. The molecule has 1 fully saturated rings. The lowest BCUT2D eigenvalue weighted by Crippen LogP contribution is -2.29. The van der Waals surface area contributed by atoms with Crippen molar-refractivity contribution >= 4 is 34.7 Å². The Kier molecular flexibility index (Phi) is 5.38. The molecule has 0 aliphatic carbocycles. The third kappa shape index (κ3) is 3.66. The molecule has 5 nitrogen and oxygen atoms in total. The highest BCUT2D eigenvalue weighted by molar-refractivity contribution is 6.51. The van der Waals surface area contributed by atoms with Crippen LogP contribution in [0.1, 0.15) is 29.2 Å². The summed E-state index contributed by atoms with van der Waals surface area (Å²) >= 11 is 5.99. The van der Waals surface area contributed by atoms with Gasteiger partial charge in [0, 0.05) is 21.8 Å². The number of carbonyl (C=O) groups excluding carboxylic acids is 2. The molecule has 3 aromatic carbocycles. The third-order valence-electron chi connectivity index (χ3n) is 5.93. The number of Topliss-reactive ketones (excluding diaryl/α,β-unsaturated/α-hetero) is 1. The molecule has 0 bridgehead atoms. The van der Waals surface area contributed by atoms with Crippen molar-refractivity contribution in [3.8, 4) is 5.75 Å². The minimum absolute atomic E-state index is 0.106. The fourth-order valence-electron chi connectivity index (χ4n) is 4.35. The molecule has 2 heterocycles. The maximum absolute atomic E-state index is 14.9. The van der Waals surface area contributed by atoms with Crippen molar-refractivity contribution in [1.82, 2.24) is 0 Å². The lowest BCUT2D eigenvalue weighted by atomic mass is 9.93. The van der Waals surface area contributed by atoms with E-state index in [1.54, 1.807) is 48.5 Å². The molecule has 166 valence electrons. The molecular formula is C26H19ClFNO4. The highest BCUT2D eigenvalue weighted by atomic mass is 35.5. The summed E-state index contributed by atoms with van der Waals surface area (Å²) < 4.78 is 20.5. The molecule has 1 N–H and O–H groups in total. The van der Waals surface area contributed by atoms with Gasteiger partial charge in [0.2, 0.25) is 0 Å². The Morgan fingerprint density at radius 2 is 1.82 bits per heavy atom. The Hall–Kier alpha value is -3.64. The number of aliphatic hydroxyl groups is 1. The van der Waals surface area contributed by atoms with Crippen LogP contribution in [0.3, 0.4) is 0 Å². The second kappa shape index (κ2) is 8.37. The summed E-state index contributed by atoms with van der Waals surface area (Å²) in [7, 11) is 0. The van der Waals surface area contributed by atoms with Crippen LogP contribution in [0, 0.1) is 5.82 Å². The normalized spacial score (nSPS) is 19.3. The smallest absolute Gasteiger partial charge is 0.300 e. The van der Waals surface area contributed by atoms with Gasteiger partial charge >= 0.3 is 0 Å². The van der Waals surface area contributed by atoms with Crippen LogP contribution in [0.15, 0.2) is 72.3 Å². The van der Waals surface area contributed by atoms with Gasteiger partial charge in [-0.15, -0.1) is 0 Å². The number of aryl methyl sites for hydroxylation is 1. The van der Waals surface area contributed by atoms with Crippen LogP contribution in [0.4, 0.5) is 10.1 Å². The SMILES string of the molecule is O=C1C(=O)N(c2ccc(Cl)cc2)C(c2ccccc2F)/C1=C(\O)c1ccc2c(c1)CCCO2. The first-order valence-electron chi connectivity index (χ1n) is 10.5. The van der Waals surface area contributed by atoms with Crippen LogP contribution >= 0.6 is 11.6 Å². The molecule has 1 amide bonds. The Labute approximate surface area is 194 Å². The minimum atomic E-state index is -1.14. The van der Waals surface area contributed by atoms with Gasteiger partial charge in [-0.25, -0.2) is 4.39 Å². The molecule has 2 aliphatic heterocycles. The van der Waals surface area contributed by atoms with Gasteiger partial charge in [0.05, 0.1) is 18.2 Å². The van der Waals surface area contributed by atoms with E-state index < -0.39 is 23.5 Å². The summed E-state index contributed by atoms with van der Waals surface area (Å²) in [6.07, 6.45) is 1.61. The van der Waals surface area contributed by atoms with Crippen LogP contribution in [0.2, 0.25) is 5.02 Å². The summed E-state index contributed by atoms with van der Waals surface area (Å²) in [4.78, 5) is 27.5. The van der Waals surface area contributed by atoms with Crippen LogP contribution < -0.4 is 9.64 Å². The number of amides is 1. The Balaban J connectivity index is 1.71. The number of hydrogen-bond acceptors (Lipinski definition) is 4. The van der Waals surface area contributed by atoms with Gasteiger partial charge in [-0.05, 0) is 66.9 Å². The summed E-state index contributed by atoms with van der Waals surface area (Å²) in [5, 5.41) is 11.7. The van der Waals surface area contributed by atoms with Crippen LogP contribution in [0.25, 0.3) is 5.76 Å². The van der Waals surface area contributed by atoms with E-state index in [0.29, 0.717) is 22.9 Å². The zero-order valence-corrected chi connectivity index (χ0v) is 18.2. The average Bonchev–Trinajstić information content (AvgIpc) is 3.09. The predicted octanol–water partition coefficient (Wildman–Crippen LogP) is 5.43. The van der Waals surface area contributed by atoms with E-state index in [1.807, 2.05) is 0 Å². The molecule has 2 aliphatic rings. The minimum Gasteiger partial charge on any atom is -0.507 e. The Bertz CT molecular complexity index is 1300. The van der Waals surface area contributed by atoms with Gasteiger partial charge < -0.3 is 9.84 Å². The predicted molar refractivity (Wildman–Crippen MR) is 123 cm³/mol. The van der Waals surface area contributed by atoms with Crippen molar-refractivity contribution in [2.24, 2.45) is 0 Å². The average molecular weight is 464 g/mol. The van der Waals surface area contributed by atoms with Gasteiger partial charge in [0.25, 0.3) is 11.7 Å². The molecular weight excluding hydrogens is 445 g/mol. The molecule has 1 unspecified atom stereocenters. The maximum Gasteiger partial charge on any atom is 0.300 e. The van der Waals surface area contributed by atoms with Crippen molar-refractivity contribution in [1.29, 1.82) is 0 Å². The first-order chi connectivity index (χ1) is 16.0. The fraction of sp³-hybridized carbons (Fsp3) is 0.154. The quantitative estimate of drug-likeness (QED) is 0.319. The lowest BCUT2D eigenvalue weighted by molar-refractivity contribution is -0.132. The number of benzene rings is 3. The number of nitrogens with zero attached hydrogens (tertiary/aromatic N) is 1. The van der Waals surface area contributed by atoms with Crippen molar-refractivity contribution in [2.45, 2.75) is 18.9 Å². The van der Waals surface area contributed by atoms with E-state index in [9.17, 15) is 19.1 Å². The topological polar surface area (TPSA) is 66.8 Å².